The number of anilines is 1. The second kappa shape index (κ2) is 8.42. The first kappa shape index (κ1) is 21.3. The molecule has 0 unspecified atom stereocenters. The van der Waals surface area contributed by atoms with Crippen molar-refractivity contribution in [2.45, 2.75) is 59.0 Å². The molecule has 0 bridgehead atoms. The van der Waals surface area contributed by atoms with Crippen molar-refractivity contribution in [2.24, 2.45) is 0 Å². The summed E-state index contributed by atoms with van der Waals surface area (Å²) in [7, 11) is 0. The molecule has 1 fully saturated rings. The van der Waals surface area contributed by atoms with Gasteiger partial charge in [-0.1, -0.05) is 30.3 Å². The van der Waals surface area contributed by atoms with E-state index < -0.39 is 0 Å². The zero-order valence-electron chi connectivity index (χ0n) is 19.2. The summed E-state index contributed by atoms with van der Waals surface area (Å²) < 4.78 is 5.59. The Hall–Kier alpha value is -3.55. The van der Waals surface area contributed by atoms with Gasteiger partial charge in [-0.05, 0) is 38.7 Å². The highest BCUT2D eigenvalue weighted by molar-refractivity contribution is 5.95. The first-order chi connectivity index (χ1) is 15.9. The molecule has 170 valence electrons. The summed E-state index contributed by atoms with van der Waals surface area (Å²) >= 11 is 0. The van der Waals surface area contributed by atoms with Gasteiger partial charge < -0.3 is 9.32 Å². The van der Waals surface area contributed by atoms with E-state index >= 15 is 0 Å². The van der Waals surface area contributed by atoms with Crippen LogP contribution in [0.5, 0.6) is 0 Å². The lowest BCUT2D eigenvalue weighted by molar-refractivity contribution is -0.119. The predicted molar refractivity (Wildman–Crippen MR) is 122 cm³/mol. The summed E-state index contributed by atoms with van der Waals surface area (Å²) in [5.74, 6) is 1.87. The molecule has 0 saturated carbocycles. The molecule has 0 aliphatic carbocycles. The Morgan fingerprint density at radius 1 is 1.06 bits per heavy atom. The summed E-state index contributed by atoms with van der Waals surface area (Å²) in [4.78, 5) is 43.6. The van der Waals surface area contributed by atoms with Crippen LogP contribution in [0.15, 0.2) is 34.7 Å². The van der Waals surface area contributed by atoms with E-state index in [1.54, 1.807) is 23.6 Å². The fraction of sp³-hybridized carbons (Fsp3) is 0.400. The number of fused-ring (bicyclic) bond motifs is 1. The van der Waals surface area contributed by atoms with Gasteiger partial charge in [0.2, 0.25) is 11.7 Å². The minimum atomic E-state index is -0.262. The minimum absolute atomic E-state index is 0.0579. The van der Waals surface area contributed by atoms with Gasteiger partial charge >= 0.3 is 0 Å². The number of amides is 2. The third kappa shape index (κ3) is 3.90. The number of hydrogen-bond donors (Lipinski definition) is 0. The highest BCUT2D eigenvalue weighted by Crippen LogP contribution is 2.36. The molecule has 1 aromatic carbocycles. The maximum absolute atomic E-state index is 13.3. The quantitative estimate of drug-likeness (QED) is 0.606. The number of aromatic nitrogens is 3. The molecule has 2 aliphatic heterocycles. The maximum Gasteiger partial charge on any atom is 0.292 e. The van der Waals surface area contributed by atoms with Crippen molar-refractivity contribution >= 4 is 17.6 Å². The fourth-order valence-corrected chi connectivity index (χ4v) is 4.82. The molecule has 5 rings (SSSR count). The predicted octanol–water partition coefficient (Wildman–Crippen LogP) is 3.85. The lowest BCUT2D eigenvalue weighted by Gasteiger charge is -2.31. The van der Waals surface area contributed by atoms with Crippen molar-refractivity contribution in [3.8, 4) is 0 Å². The van der Waals surface area contributed by atoms with Crippen LogP contribution >= 0.6 is 0 Å². The standard InChI is InChI=1S/C25H27N5O3/c1-15-19-11-12-21(31)30(14-18-8-5-4-6-9-18)24(19)28-23(27-15)20-10-7-13-29(20)25(32)22-16(2)26-17(3)33-22/h4-6,8-9,20H,7,10-14H2,1-3H3/t20-/m0/s1. The van der Waals surface area contributed by atoms with Crippen molar-refractivity contribution in [1.82, 2.24) is 19.9 Å². The number of oxazole rings is 1. The number of aryl methyl sites for hydroxylation is 3. The van der Waals surface area contributed by atoms with Gasteiger partial charge in [-0.2, -0.15) is 0 Å². The summed E-state index contributed by atoms with van der Waals surface area (Å²) in [6.45, 7) is 6.55. The average molecular weight is 446 g/mol. The van der Waals surface area contributed by atoms with E-state index in [0.29, 0.717) is 49.2 Å². The lowest BCUT2D eigenvalue weighted by Crippen LogP contribution is -2.37. The smallest absolute Gasteiger partial charge is 0.292 e. The third-order valence-corrected chi connectivity index (χ3v) is 6.45. The molecule has 1 atom stereocenters. The summed E-state index contributed by atoms with van der Waals surface area (Å²) in [6, 6.07) is 9.66. The lowest BCUT2D eigenvalue weighted by atomic mass is 10.0. The summed E-state index contributed by atoms with van der Waals surface area (Å²) in [5, 5.41) is 0. The van der Waals surface area contributed by atoms with Crippen LogP contribution in [0.4, 0.5) is 5.82 Å². The molecular weight excluding hydrogens is 418 g/mol. The Labute approximate surface area is 192 Å². The molecule has 1 saturated heterocycles. The Kier molecular flexibility index (Phi) is 5.44. The van der Waals surface area contributed by atoms with Crippen molar-refractivity contribution < 1.29 is 14.0 Å². The Morgan fingerprint density at radius 3 is 2.58 bits per heavy atom. The maximum atomic E-state index is 13.3. The Bertz CT molecular complexity index is 1220. The van der Waals surface area contributed by atoms with Gasteiger partial charge in [0.25, 0.3) is 5.91 Å². The first-order valence-corrected chi connectivity index (χ1v) is 11.4. The minimum Gasteiger partial charge on any atom is -0.436 e. The zero-order valence-corrected chi connectivity index (χ0v) is 19.2. The zero-order chi connectivity index (χ0) is 23.1. The molecule has 8 heteroatoms. The van der Waals surface area contributed by atoms with Gasteiger partial charge in [0.05, 0.1) is 18.3 Å². The van der Waals surface area contributed by atoms with Crippen LogP contribution in [0, 0.1) is 20.8 Å². The SMILES string of the molecule is Cc1nc(C)c(C(=O)N2CCC[C@H]2c2nc(C)c3c(n2)N(Cc2ccccc2)C(=O)CC3)o1. The van der Waals surface area contributed by atoms with E-state index in [-0.39, 0.29) is 23.6 Å². The molecule has 4 heterocycles. The van der Waals surface area contributed by atoms with Gasteiger partial charge in [0.1, 0.15) is 5.82 Å². The van der Waals surface area contributed by atoms with Crippen molar-refractivity contribution in [3.63, 3.8) is 0 Å². The van der Waals surface area contributed by atoms with E-state index in [9.17, 15) is 9.59 Å². The topological polar surface area (TPSA) is 92.4 Å². The van der Waals surface area contributed by atoms with Crippen LogP contribution in [0.3, 0.4) is 0 Å². The number of nitrogens with zero attached hydrogens (tertiary/aromatic N) is 5. The fourth-order valence-electron chi connectivity index (χ4n) is 4.82. The van der Waals surface area contributed by atoms with Gasteiger partial charge in [-0.15, -0.1) is 0 Å². The van der Waals surface area contributed by atoms with Crippen LogP contribution in [0.2, 0.25) is 0 Å². The normalized spacial score (nSPS) is 18.0. The number of carbonyl (C=O) groups is 2. The first-order valence-electron chi connectivity index (χ1n) is 11.4. The molecule has 3 aromatic rings. The molecule has 2 amide bonds. The molecular formula is C25H27N5O3. The number of likely N-dealkylation sites (tertiary alicyclic amines) is 1. The molecule has 33 heavy (non-hydrogen) atoms. The molecule has 0 radical (unpaired) electrons. The number of benzene rings is 1. The third-order valence-electron chi connectivity index (χ3n) is 6.45. The van der Waals surface area contributed by atoms with Crippen LogP contribution < -0.4 is 4.90 Å². The van der Waals surface area contributed by atoms with E-state index in [1.807, 2.05) is 37.3 Å². The van der Waals surface area contributed by atoms with Crippen LogP contribution in [-0.2, 0) is 17.8 Å². The van der Waals surface area contributed by atoms with Crippen LogP contribution in [0.1, 0.15) is 70.1 Å². The molecule has 0 spiro atoms. The highest BCUT2D eigenvalue weighted by Gasteiger charge is 2.37. The molecule has 2 aromatic heterocycles. The van der Waals surface area contributed by atoms with Crippen molar-refractivity contribution in [2.75, 3.05) is 11.4 Å². The molecule has 8 nitrogen and oxygen atoms in total. The average Bonchev–Trinajstić information content (AvgIpc) is 3.42. The van der Waals surface area contributed by atoms with Gasteiger partial charge in [-0.25, -0.2) is 15.0 Å². The van der Waals surface area contributed by atoms with Crippen LogP contribution in [0.25, 0.3) is 0 Å². The largest absolute Gasteiger partial charge is 0.436 e. The van der Waals surface area contributed by atoms with E-state index in [0.717, 1.165) is 29.7 Å². The molecule has 0 N–H and O–H groups in total. The molecule has 2 aliphatic rings. The summed E-state index contributed by atoms with van der Waals surface area (Å²) in [5.41, 5.74) is 3.51. The van der Waals surface area contributed by atoms with Gasteiger partial charge in [0, 0.05) is 31.1 Å². The number of carbonyl (C=O) groups excluding carboxylic acids is 2. The van der Waals surface area contributed by atoms with E-state index in [2.05, 4.69) is 4.98 Å². The van der Waals surface area contributed by atoms with Crippen molar-refractivity contribution in [3.05, 3.63) is 70.3 Å². The van der Waals surface area contributed by atoms with Crippen LogP contribution in [-0.4, -0.2) is 38.2 Å². The summed E-state index contributed by atoms with van der Waals surface area (Å²) in [6.07, 6.45) is 2.70. The Morgan fingerprint density at radius 2 is 1.85 bits per heavy atom. The van der Waals surface area contributed by atoms with E-state index in [1.165, 1.54) is 0 Å². The van der Waals surface area contributed by atoms with Crippen molar-refractivity contribution in [1.29, 1.82) is 0 Å². The van der Waals surface area contributed by atoms with E-state index in [4.69, 9.17) is 14.4 Å². The number of rotatable bonds is 4. The Balaban J connectivity index is 1.50. The monoisotopic (exact) mass is 445 g/mol. The van der Waals surface area contributed by atoms with Gasteiger partial charge in [-0.3, -0.25) is 14.5 Å². The second-order valence-corrected chi connectivity index (χ2v) is 8.74. The second-order valence-electron chi connectivity index (χ2n) is 8.74. The number of hydrogen-bond acceptors (Lipinski definition) is 6. The van der Waals surface area contributed by atoms with Gasteiger partial charge in [0.15, 0.2) is 11.7 Å². The highest BCUT2D eigenvalue weighted by atomic mass is 16.4.